The van der Waals surface area contributed by atoms with E-state index in [0.717, 1.165) is 5.56 Å². The van der Waals surface area contributed by atoms with Gasteiger partial charge >= 0.3 is 0 Å². The van der Waals surface area contributed by atoms with Crippen molar-refractivity contribution in [2.24, 2.45) is 7.05 Å². The Labute approximate surface area is 231 Å². The molecule has 1 saturated heterocycles. The zero-order chi connectivity index (χ0) is 28.3. The first kappa shape index (κ1) is 27.5. The minimum atomic E-state index is -3.41. The number of aryl methyl sites for hydroxylation is 1. The first-order valence-electron chi connectivity index (χ1n) is 13.0. The first-order chi connectivity index (χ1) is 19.2. The van der Waals surface area contributed by atoms with Crippen LogP contribution in [0.2, 0.25) is 0 Å². The molecule has 1 aliphatic rings. The van der Waals surface area contributed by atoms with Crippen molar-refractivity contribution in [3.05, 3.63) is 82.5 Å². The highest BCUT2D eigenvalue weighted by Crippen LogP contribution is 2.32. The molecule has 2 aromatic heterocycles. The maximum Gasteiger partial charge on any atom is 0.294 e. The van der Waals surface area contributed by atoms with Crippen molar-refractivity contribution in [2.75, 3.05) is 25.0 Å². The van der Waals surface area contributed by atoms with Gasteiger partial charge in [-0.3, -0.25) is 9.36 Å². The number of benzene rings is 2. The Morgan fingerprint density at radius 1 is 1.05 bits per heavy atom. The molecule has 0 aliphatic carbocycles. The van der Waals surface area contributed by atoms with Crippen LogP contribution in [0.15, 0.2) is 65.6 Å². The van der Waals surface area contributed by atoms with E-state index in [-0.39, 0.29) is 29.0 Å². The summed E-state index contributed by atoms with van der Waals surface area (Å²) in [5.41, 5.74) is 0.738. The van der Waals surface area contributed by atoms with Crippen molar-refractivity contribution in [3.8, 4) is 17.2 Å². The van der Waals surface area contributed by atoms with Crippen molar-refractivity contribution in [2.45, 2.75) is 31.6 Å². The van der Waals surface area contributed by atoms with Crippen LogP contribution in [0.25, 0.3) is 11.0 Å². The largest absolute Gasteiger partial charge is 0.490 e. The highest BCUT2D eigenvalue weighted by molar-refractivity contribution is 7.88. The fraction of sp³-hybridized carbons (Fsp3) is 0.321. The maximum atomic E-state index is 13.7. The van der Waals surface area contributed by atoms with Gasteiger partial charge < -0.3 is 14.8 Å². The van der Waals surface area contributed by atoms with Crippen molar-refractivity contribution in [1.82, 2.24) is 18.8 Å². The Bertz CT molecular complexity index is 1670. The van der Waals surface area contributed by atoms with Gasteiger partial charge in [0.15, 0.2) is 17.2 Å². The average molecular weight is 568 g/mol. The summed E-state index contributed by atoms with van der Waals surface area (Å²) in [7, 11) is -1.83. The van der Waals surface area contributed by atoms with Crippen LogP contribution in [0.3, 0.4) is 0 Å². The number of hydrogen-bond acceptors (Lipinski definition) is 8. The highest BCUT2D eigenvalue weighted by atomic mass is 32.2. The van der Waals surface area contributed by atoms with Crippen molar-refractivity contribution < 1.29 is 22.3 Å². The molecule has 1 fully saturated rings. The quantitative estimate of drug-likeness (QED) is 0.322. The molecular weight excluding hydrogens is 537 g/mol. The minimum absolute atomic E-state index is 0.0178. The van der Waals surface area contributed by atoms with E-state index in [1.807, 2.05) is 30.3 Å². The van der Waals surface area contributed by atoms with Crippen LogP contribution in [0, 0.1) is 5.82 Å². The molecule has 2 aromatic carbocycles. The topological polar surface area (TPSA) is 116 Å². The van der Waals surface area contributed by atoms with Gasteiger partial charge in [-0.05, 0) is 43.5 Å². The van der Waals surface area contributed by atoms with Crippen LogP contribution in [0.5, 0.6) is 17.2 Å². The molecule has 0 unspecified atom stereocenters. The third kappa shape index (κ3) is 6.07. The van der Waals surface area contributed by atoms with Gasteiger partial charge in [0, 0.05) is 43.8 Å². The van der Waals surface area contributed by atoms with Gasteiger partial charge in [0.05, 0.1) is 12.4 Å². The minimum Gasteiger partial charge on any atom is -0.490 e. The van der Waals surface area contributed by atoms with E-state index >= 15 is 0 Å². The number of piperidine rings is 1. The van der Waals surface area contributed by atoms with Gasteiger partial charge in [0.25, 0.3) is 5.56 Å². The molecular formula is C28H30FN5O5S. The number of sulfonamides is 1. The second-order valence-corrected chi connectivity index (χ2v) is 11.5. The molecule has 0 spiro atoms. The Hall–Kier alpha value is -4.03. The second kappa shape index (κ2) is 11.6. The molecule has 0 bridgehead atoms. The molecule has 5 rings (SSSR count). The average Bonchev–Trinajstić information content (AvgIpc) is 2.94. The van der Waals surface area contributed by atoms with E-state index in [1.54, 1.807) is 20.2 Å². The predicted molar refractivity (Wildman–Crippen MR) is 150 cm³/mol. The third-order valence-electron chi connectivity index (χ3n) is 6.71. The molecule has 0 atom stereocenters. The first-order valence-corrected chi connectivity index (χ1v) is 14.6. The fourth-order valence-electron chi connectivity index (χ4n) is 4.65. The smallest absolute Gasteiger partial charge is 0.294 e. The van der Waals surface area contributed by atoms with Crippen LogP contribution in [-0.2, 0) is 22.8 Å². The SMILES string of the molecule is CCOc1cc(F)ccc1Oc1cc2cnc(NC3CCN(S(=O)(=O)Cc4ccccc4)CC3)nc2n(C)c1=O. The van der Waals surface area contributed by atoms with E-state index < -0.39 is 21.4 Å². The van der Waals surface area contributed by atoms with E-state index in [2.05, 4.69) is 15.3 Å². The number of nitrogens with zero attached hydrogens (tertiary/aromatic N) is 4. The summed E-state index contributed by atoms with van der Waals surface area (Å²) in [5, 5.41) is 3.85. The standard InChI is InChI=1S/C28H30FN5O5S/c1-3-38-24-16-21(29)9-10-23(24)39-25-15-20-17-30-28(32-26(20)33(2)27(25)35)31-22-11-13-34(14-12-22)40(36,37)18-19-7-5-4-6-8-19/h4-10,15-17,22H,3,11-14,18H2,1-2H3,(H,30,31,32). The molecule has 1 N–H and O–H groups in total. The van der Waals surface area contributed by atoms with Crippen LogP contribution < -0.4 is 20.3 Å². The van der Waals surface area contributed by atoms with Crippen LogP contribution in [0.1, 0.15) is 25.3 Å². The zero-order valence-corrected chi connectivity index (χ0v) is 23.0. The van der Waals surface area contributed by atoms with Crippen LogP contribution in [0.4, 0.5) is 10.3 Å². The number of rotatable bonds is 9. The molecule has 3 heterocycles. The summed E-state index contributed by atoms with van der Waals surface area (Å²) < 4.78 is 53.5. The van der Waals surface area contributed by atoms with Crippen molar-refractivity contribution >= 4 is 27.0 Å². The Kier molecular flexibility index (Phi) is 7.99. The lowest BCUT2D eigenvalue weighted by atomic mass is 10.1. The molecule has 0 amide bonds. The zero-order valence-electron chi connectivity index (χ0n) is 22.2. The Balaban J connectivity index is 1.28. The van der Waals surface area contributed by atoms with Gasteiger partial charge in [0.2, 0.25) is 16.0 Å². The number of anilines is 1. The van der Waals surface area contributed by atoms with Crippen molar-refractivity contribution in [1.29, 1.82) is 0 Å². The predicted octanol–water partition coefficient (Wildman–Crippen LogP) is 4.06. The van der Waals surface area contributed by atoms with Gasteiger partial charge in [-0.15, -0.1) is 0 Å². The molecule has 40 heavy (non-hydrogen) atoms. The lowest BCUT2D eigenvalue weighted by Gasteiger charge is -2.31. The van der Waals surface area contributed by atoms with E-state index in [1.165, 1.54) is 33.1 Å². The molecule has 210 valence electrons. The van der Waals surface area contributed by atoms with Crippen molar-refractivity contribution in [3.63, 3.8) is 0 Å². The van der Waals surface area contributed by atoms with Gasteiger partial charge in [-0.25, -0.2) is 22.1 Å². The lowest BCUT2D eigenvalue weighted by Crippen LogP contribution is -2.43. The Morgan fingerprint density at radius 3 is 2.52 bits per heavy atom. The second-order valence-electron chi connectivity index (χ2n) is 9.53. The van der Waals surface area contributed by atoms with Crippen LogP contribution in [-0.4, -0.2) is 53.0 Å². The summed E-state index contributed by atoms with van der Waals surface area (Å²) in [4.78, 5) is 22.0. The summed E-state index contributed by atoms with van der Waals surface area (Å²) in [6.07, 6.45) is 2.78. The lowest BCUT2D eigenvalue weighted by molar-refractivity contribution is 0.318. The number of nitrogens with one attached hydrogen (secondary N) is 1. The summed E-state index contributed by atoms with van der Waals surface area (Å²) in [5.74, 6) is 0.286. The fourth-order valence-corrected chi connectivity index (χ4v) is 6.21. The number of hydrogen-bond donors (Lipinski definition) is 1. The normalized spacial score (nSPS) is 14.8. The molecule has 10 nitrogen and oxygen atoms in total. The van der Waals surface area contributed by atoms with Crippen LogP contribution >= 0.6 is 0 Å². The molecule has 4 aromatic rings. The van der Waals surface area contributed by atoms with Gasteiger partial charge in [-0.1, -0.05) is 30.3 Å². The Morgan fingerprint density at radius 2 is 1.80 bits per heavy atom. The number of aromatic nitrogens is 3. The maximum absolute atomic E-state index is 13.7. The molecule has 0 radical (unpaired) electrons. The van der Waals surface area contributed by atoms with Gasteiger partial charge in [0.1, 0.15) is 11.5 Å². The summed E-state index contributed by atoms with van der Waals surface area (Å²) in [6, 6.07) is 14.5. The molecule has 1 aliphatic heterocycles. The number of ether oxygens (including phenoxy) is 2. The molecule has 0 saturated carbocycles. The monoisotopic (exact) mass is 567 g/mol. The van der Waals surface area contributed by atoms with E-state index in [4.69, 9.17) is 9.47 Å². The van der Waals surface area contributed by atoms with E-state index in [0.29, 0.717) is 49.5 Å². The van der Waals surface area contributed by atoms with Gasteiger partial charge in [-0.2, -0.15) is 4.98 Å². The highest BCUT2D eigenvalue weighted by Gasteiger charge is 2.28. The number of pyridine rings is 1. The van der Waals surface area contributed by atoms with E-state index in [9.17, 15) is 17.6 Å². The summed E-state index contributed by atoms with van der Waals surface area (Å²) >= 11 is 0. The number of fused-ring (bicyclic) bond motifs is 1. The number of halogens is 1. The summed E-state index contributed by atoms with van der Waals surface area (Å²) in [6.45, 7) is 2.87. The third-order valence-corrected chi connectivity index (χ3v) is 8.56. The molecule has 12 heteroatoms.